The molecule has 0 fully saturated rings. The molecule has 0 atom stereocenters. The number of thioether (sulfide) groups is 1. The van der Waals surface area contributed by atoms with Crippen LogP contribution in [0.2, 0.25) is 0 Å². The van der Waals surface area contributed by atoms with Crippen LogP contribution in [0, 0.1) is 6.92 Å². The maximum Gasteiger partial charge on any atom is 0.445 e. The molecule has 2 aromatic rings. The molecule has 0 unspecified atom stereocenters. The fourth-order valence-electron chi connectivity index (χ4n) is 2.55. The van der Waals surface area contributed by atoms with Crippen molar-refractivity contribution < 1.29 is 26.4 Å². The maximum absolute atomic E-state index is 13.2. The zero-order valence-electron chi connectivity index (χ0n) is 16.0. The van der Waals surface area contributed by atoms with E-state index in [1.807, 2.05) is 0 Å². The summed E-state index contributed by atoms with van der Waals surface area (Å²) in [4.78, 5) is 13.1. The van der Waals surface area contributed by atoms with Gasteiger partial charge in [-0.05, 0) is 55.6 Å². The van der Waals surface area contributed by atoms with Gasteiger partial charge in [0.25, 0.3) is 15.9 Å². The number of hydrogen-bond acceptors (Lipinski definition) is 4. The first-order valence-corrected chi connectivity index (χ1v) is 10.9. The number of aryl methyl sites for hydroxylation is 1. The van der Waals surface area contributed by atoms with Crippen molar-refractivity contribution in [3.63, 3.8) is 0 Å². The van der Waals surface area contributed by atoms with Gasteiger partial charge in [-0.25, -0.2) is 12.7 Å². The fraction of sp³-hybridized carbons (Fsp3) is 0.250. The van der Waals surface area contributed by atoms with E-state index in [2.05, 4.69) is 0 Å². The summed E-state index contributed by atoms with van der Waals surface area (Å²) in [5.41, 5.74) is -3.94. The topological polar surface area (TPSA) is 54.5 Å². The summed E-state index contributed by atoms with van der Waals surface area (Å²) in [5.74, 6) is -1.02. The smallest absolute Gasteiger partial charge is 0.268 e. The van der Waals surface area contributed by atoms with Gasteiger partial charge in [-0.2, -0.15) is 13.2 Å². The van der Waals surface area contributed by atoms with Crippen molar-refractivity contribution in [1.82, 2.24) is 4.31 Å². The van der Waals surface area contributed by atoms with Gasteiger partial charge in [0.05, 0.1) is 10.5 Å². The summed E-state index contributed by atoms with van der Waals surface area (Å²) in [6, 6.07) is 12.8. The number of nitrogens with zero attached hydrogens (tertiary/aromatic N) is 1. The van der Waals surface area contributed by atoms with Gasteiger partial charge in [0.1, 0.15) is 0 Å². The number of benzene rings is 2. The molecule has 2 rings (SSSR count). The van der Waals surface area contributed by atoms with Gasteiger partial charge < -0.3 is 0 Å². The zero-order chi connectivity index (χ0) is 21.8. The number of carbonyl (C=O) groups excluding carboxylic acids is 1. The molecule has 0 radical (unpaired) electrons. The van der Waals surface area contributed by atoms with E-state index < -0.39 is 39.2 Å². The molecule has 2 aromatic carbocycles. The highest BCUT2D eigenvalue weighted by Crippen LogP contribution is 2.35. The highest BCUT2D eigenvalue weighted by Gasteiger charge is 2.35. The molecule has 0 aromatic heterocycles. The van der Waals surface area contributed by atoms with E-state index in [9.17, 15) is 26.4 Å². The molecule has 29 heavy (non-hydrogen) atoms. The Hall–Kier alpha value is -2.26. The Bertz CT molecular complexity index is 984. The second-order valence-electron chi connectivity index (χ2n) is 6.47. The lowest BCUT2D eigenvalue weighted by molar-refractivity contribution is -0.121. The summed E-state index contributed by atoms with van der Waals surface area (Å²) in [7, 11) is -4.27. The number of rotatable bonds is 6. The molecular weight excluding hydrogens is 423 g/mol. The molecule has 1 amide bonds. The molecule has 0 heterocycles. The molecule has 0 saturated carbocycles. The molecule has 0 saturated heterocycles. The number of hydrogen-bond donors (Lipinski definition) is 0. The Morgan fingerprint density at radius 3 is 2.07 bits per heavy atom. The van der Waals surface area contributed by atoms with Gasteiger partial charge >= 0.3 is 5.51 Å². The molecular formula is C20H20F3NO3S2. The fourth-order valence-corrected chi connectivity index (χ4v) is 4.62. The highest BCUT2D eigenvalue weighted by atomic mass is 32.2. The predicted octanol–water partition coefficient (Wildman–Crippen LogP) is 5.21. The van der Waals surface area contributed by atoms with Gasteiger partial charge in [0.15, 0.2) is 0 Å². The monoisotopic (exact) mass is 443 g/mol. The minimum atomic E-state index is -4.61. The van der Waals surface area contributed by atoms with Crippen LogP contribution in [0.3, 0.4) is 0 Å². The first-order chi connectivity index (χ1) is 13.4. The third kappa shape index (κ3) is 5.86. The van der Waals surface area contributed by atoms with Crippen LogP contribution in [-0.2, 0) is 14.8 Å². The highest BCUT2D eigenvalue weighted by molar-refractivity contribution is 8.03. The Balaban J connectivity index is 2.57. The lowest BCUT2D eigenvalue weighted by Gasteiger charge is -2.27. The molecule has 0 aliphatic heterocycles. The summed E-state index contributed by atoms with van der Waals surface area (Å²) in [6.45, 7) is 4.76. The van der Waals surface area contributed by atoms with E-state index >= 15 is 0 Å². The Kier molecular flexibility index (Phi) is 7.18. The Morgan fingerprint density at radius 1 is 1.03 bits per heavy atom. The molecule has 4 nitrogen and oxygen atoms in total. The summed E-state index contributed by atoms with van der Waals surface area (Å²) >= 11 is -0.502. The Morgan fingerprint density at radius 2 is 1.59 bits per heavy atom. The van der Waals surface area contributed by atoms with Gasteiger partial charge in [0.2, 0.25) is 0 Å². The van der Waals surface area contributed by atoms with E-state index in [4.69, 9.17) is 0 Å². The van der Waals surface area contributed by atoms with Gasteiger partial charge in [-0.15, -0.1) is 0 Å². The lowest BCUT2D eigenvalue weighted by Crippen LogP contribution is -2.42. The SMILES string of the molecule is Cc1ccc(S(=O)(=O)N(C(=O)C(=CSC(F)(F)F)c2ccccc2)C(C)C)cc1. The number of alkyl halides is 3. The normalized spacial score (nSPS) is 12.9. The first-order valence-electron chi connectivity index (χ1n) is 8.59. The van der Waals surface area contributed by atoms with Crippen molar-refractivity contribution in [3.8, 4) is 0 Å². The van der Waals surface area contributed by atoms with Crippen LogP contribution < -0.4 is 0 Å². The second-order valence-corrected chi connectivity index (χ2v) is 9.22. The van der Waals surface area contributed by atoms with E-state index in [1.54, 1.807) is 37.3 Å². The van der Waals surface area contributed by atoms with Crippen LogP contribution in [0.15, 0.2) is 64.9 Å². The van der Waals surface area contributed by atoms with Crippen LogP contribution in [0.25, 0.3) is 5.57 Å². The quantitative estimate of drug-likeness (QED) is 0.575. The van der Waals surface area contributed by atoms with Crippen molar-refractivity contribution in [2.45, 2.75) is 37.2 Å². The van der Waals surface area contributed by atoms with Gasteiger partial charge in [-0.1, -0.05) is 48.0 Å². The van der Waals surface area contributed by atoms with Crippen molar-refractivity contribution in [2.24, 2.45) is 0 Å². The molecule has 0 N–H and O–H groups in total. The molecule has 0 bridgehead atoms. The molecule has 9 heteroatoms. The third-order valence-corrected chi connectivity index (χ3v) is 6.47. The van der Waals surface area contributed by atoms with Crippen LogP contribution in [0.5, 0.6) is 0 Å². The van der Waals surface area contributed by atoms with Gasteiger partial charge in [0, 0.05) is 6.04 Å². The standard InChI is InChI=1S/C20H20F3NO3S2/c1-14(2)24(29(26,27)17-11-9-15(3)10-12-17)19(25)18(13-28-20(21,22)23)16-7-5-4-6-8-16/h4-14H,1-3H3. The molecule has 156 valence electrons. The third-order valence-electron chi connectivity index (χ3n) is 3.87. The van der Waals surface area contributed by atoms with Crippen LogP contribution >= 0.6 is 11.8 Å². The van der Waals surface area contributed by atoms with Crippen LogP contribution in [0.1, 0.15) is 25.0 Å². The summed E-state index contributed by atoms with van der Waals surface area (Å²) in [6.07, 6.45) is 0. The average Bonchev–Trinajstić information content (AvgIpc) is 2.61. The number of amides is 1. The summed E-state index contributed by atoms with van der Waals surface area (Å²) < 4.78 is 65.1. The van der Waals surface area contributed by atoms with Gasteiger partial charge in [-0.3, -0.25) is 4.79 Å². The van der Waals surface area contributed by atoms with E-state index in [0.717, 1.165) is 5.56 Å². The molecule has 0 aliphatic carbocycles. The molecule has 0 spiro atoms. The lowest BCUT2D eigenvalue weighted by atomic mass is 10.1. The van der Waals surface area contributed by atoms with Crippen LogP contribution in [-0.4, -0.2) is 30.2 Å². The second kappa shape index (κ2) is 9.04. The van der Waals surface area contributed by atoms with E-state index in [0.29, 0.717) is 9.71 Å². The Labute approximate surface area is 172 Å². The van der Waals surface area contributed by atoms with Crippen molar-refractivity contribution in [2.75, 3.05) is 0 Å². The number of halogens is 3. The number of carbonyl (C=O) groups is 1. The maximum atomic E-state index is 13.2. The average molecular weight is 444 g/mol. The van der Waals surface area contributed by atoms with Crippen molar-refractivity contribution in [3.05, 3.63) is 71.1 Å². The van der Waals surface area contributed by atoms with Crippen LogP contribution in [0.4, 0.5) is 13.2 Å². The minimum absolute atomic E-state index is 0.110. The molecule has 0 aliphatic rings. The predicted molar refractivity (Wildman–Crippen MR) is 108 cm³/mol. The van der Waals surface area contributed by atoms with E-state index in [-0.39, 0.29) is 16.0 Å². The summed E-state index contributed by atoms with van der Waals surface area (Å²) in [5, 5.41) is 0.651. The number of sulfonamides is 1. The van der Waals surface area contributed by atoms with E-state index in [1.165, 1.54) is 38.1 Å². The van der Waals surface area contributed by atoms with Crippen molar-refractivity contribution >= 4 is 33.3 Å². The minimum Gasteiger partial charge on any atom is -0.268 e. The first kappa shape index (κ1) is 23.0. The van der Waals surface area contributed by atoms with Crippen molar-refractivity contribution in [1.29, 1.82) is 0 Å². The zero-order valence-corrected chi connectivity index (χ0v) is 17.6. The largest absolute Gasteiger partial charge is 0.445 e.